The topological polar surface area (TPSA) is 63.0 Å². The zero-order valence-corrected chi connectivity index (χ0v) is 15.2. The summed E-state index contributed by atoms with van der Waals surface area (Å²) in [5.74, 6) is -0.113. The van der Waals surface area contributed by atoms with E-state index in [0.29, 0.717) is 6.04 Å². The first-order valence-corrected chi connectivity index (χ1v) is 9.73. The quantitative estimate of drug-likeness (QED) is 0.501. The fourth-order valence-electron chi connectivity index (χ4n) is 7.76. The van der Waals surface area contributed by atoms with E-state index in [1.165, 1.54) is 23.1 Å². The maximum absolute atomic E-state index is 13.3. The van der Waals surface area contributed by atoms with Gasteiger partial charge >= 0.3 is 5.97 Å². The highest BCUT2D eigenvalue weighted by Gasteiger charge is 2.84. The molecule has 0 radical (unpaired) electrons. The SMILES string of the molecule is C/C=C1\C[NH+]2[C@H]3C[C@@]45c6ccccc6N[C@@H]4[C@@H]2C[C@@H]1[C@@]3(C(=O)OC)[C@H]5O. The van der Waals surface area contributed by atoms with E-state index in [2.05, 4.69) is 36.5 Å². The number of carbonyl (C=O) groups excluding carboxylic acids is 1. The molecule has 5 bridgehead atoms. The monoisotopic (exact) mass is 353 g/mol. The highest BCUT2D eigenvalue weighted by Crippen LogP contribution is 2.67. The molecule has 1 saturated carbocycles. The van der Waals surface area contributed by atoms with Gasteiger partial charge in [0.2, 0.25) is 0 Å². The van der Waals surface area contributed by atoms with Gasteiger partial charge in [-0.25, -0.2) is 0 Å². The fraction of sp³-hybridized carbons (Fsp3) is 0.571. The number of esters is 1. The van der Waals surface area contributed by atoms with Crippen molar-refractivity contribution in [1.82, 2.24) is 0 Å². The Hall–Kier alpha value is -1.85. The average molecular weight is 353 g/mol. The summed E-state index contributed by atoms with van der Waals surface area (Å²) in [5.41, 5.74) is 2.47. The molecule has 8 atom stereocenters. The van der Waals surface area contributed by atoms with E-state index in [9.17, 15) is 9.90 Å². The van der Waals surface area contributed by atoms with Gasteiger partial charge < -0.3 is 20.1 Å². The van der Waals surface area contributed by atoms with Gasteiger partial charge in [-0.15, -0.1) is 0 Å². The van der Waals surface area contributed by atoms with Crippen molar-refractivity contribution in [3.8, 4) is 0 Å². The standard InChI is InChI=1S/C21H24N2O3/c1-3-11-10-23-15-8-13(11)21(19(25)26-2)16(23)9-20(18(21)24)12-6-4-5-7-14(12)22-17(15)20/h3-7,13,15-18,22,24H,8-10H2,1-2H3/p+1/b11-3+/t13-,15-,16-,17+,18-,20+,21-/m0/s1. The molecule has 5 aliphatic heterocycles. The van der Waals surface area contributed by atoms with E-state index in [-0.39, 0.29) is 29.4 Å². The van der Waals surface area contributed by atoms with Crippen LogP contribution in [-0.2, 0) is 14.9 Å². The summed E-state index contributed by atoms with van der Waals surface area (Å²) in [7, 11) is 1.47. The maximum atomic E-state index is 13.3. The minimum absolute atomic E-state index is 0.0985. The molecule has 5 heteroatoms. The lowest BCUT2D eigenvalue weighted by atomic mass is 9.58. The smallest absolute Gasteiger partial charge is 0.321 e. The van der Waals surface area contributed by atoms with E-state index < -0.39 is 11.5 Å². The van der Waals surface area contributed by atoms with Gasteiger partial charge in [-0.05, 0) is 24.1 Å². The van der Waals surface area contributed by atoms with Crippen LogP contribution >= 0.6 is 0 Å². The van der Waals surface area contributed by atoms with Crippen molar-refractivity contribution in [2.24, 2.45) is 11.3 Å². The summed E-state index contributed by atoms with van der Waals surface area (Å²) in [6.07, 6.45) is 3.26. The van der Waals surface area contributed by atoms with Crippen LogP contribution in [0.5, 0.6) is 0 Å². The lowest BCUT2D eigenvalue weighted by Crippen LogP contribution is -3.26. The lowest BCUT2D eigenvalue weighted by Gasteiger charge is -2.57. The molecule has 0 amide bonds. The second kappa shape index (κ2) is 4.52. The molecular formula is C21H25N2O3+. The predicted molar refractivity (Wildman–Crippen MR) is 95.9 cm³/mol. The van der Waals surface area contributed by atoms with Gasteiger partial charge in [0.15, 0.2) is 5.41 Å². The number of aliphatic hydroxyl groups is 1. The predicted octanol–water partition coefficient (Wildman–Crippen LogP) is 0.258. The Kier molecular flexibility index (Phi) is 2.65. The van der Waals surface area contributed by atoms with Crippen LogP contribution in [0.25, 0.3) is 0 Å². The molecule has 5 fully saturated rings. The molecule has 3 N–H and O–H groups in total. The lowest BCUT2D eigenvalue weighted by molar-refractivity contribution is -0.970. The Morgan fingerprint density at radius 2 is 2.23 bits per heavy atom. The Morgan fingerprint density at radius 1 is 1.42 bits per heavy atom. The second-order valence-electron chi connectivity index (χ2n) is 8.80. The number of quaternary nitrogens is 1. The third-order valence-electron chi connectivity index (χ3n) is 8.51. The van der Waals surface area contributed by atoms with E-state index in [4.69, 9.17) is 4.74 Å². The number of rotatable bonds is 1. The summed E-state index contributed by atoms with van der Waals surface area (Å²) in [5, 5.41) is 15.7. The minimum Gasteiger partial charge on any atom is -0.468 e. The normalized spacial score (nSPS) is 50.5. The van der Waals surface area contributed by atoms with Gasteiger partial charge in [0.1, 0.15) is 12.1 Å². The van der Waals surface area contributed by atoms with Crippen LogP contribution in [0, 0.1) is 11.3 Å². The maximum Gasteiger partial charge on any atom is 0.321 e. The summed E-state index contributed by atoms with van der Waals surface area (Å²) >= 11 is 0. The van der Waals surface area contributed by atoms with E-state index >= 15 is 0 Å². The number of benzene rings is 1. The molecule has 1 unspecified atom stereocenters. The molecule has 7 rings (SSSR count). The molecule has 6 aliphatic rings. The third-order valence-corrected chi connectivity index (χ3v) is 8.51. The molecule has 5 heterocycles. The summed E-state index contributed by atoms with van der Waals surface area (Å²) in [6.45, 7) is 3.06. The third kappa shape index (κ3) is 1.28. The number of allylic oxidation sites excluding steroid dienone is 1. The first kappa shape index (κ1) is 15.2. The van der Waals surface area contributed by atoms with Gasteiger partial charge in [-0.2, -0.15) is 0 Å². The van der Waals surface area contributed by atoms with E-state index in [1.54, 1.807) is 0 Å². The Morgan fingerprint density at radius 3 is 3.00 bits per heavy atom. The molecule has 1 aromatic rings. The number of hydrogen-bond acceptors (Lipinski definition) is 4. The number of methoxy groups -OCH3 is 1. The molecule has 5 nitrogen and oxygen atoms in total. The van der Waals surface area contributed by atoms with Crippen molar-refractivity contribution < 1.29 is 19.5 Å². The van der Waals surface area contributed by atoms with Crippen molar-refractivity contribution in [2.45, 2.75) is 49.4 Å². The number of anilines is 1. The van der Waals surface area contributed by atoms with Crippen LogP contribution in [0.1, 0.15) is 25.3 Å². The number of ether oxygens (including phenoxy) is 1. The molecule has 1 aliphatic carbocycles. The molecular weight excluding hydrogens is 328 g/mol. The van der Waals surface area contributed by atoms with E-state index in [1.807, 2.05) is 6.07 Å². The van der Waals surface area contributed by atoms with Crippen molar-refractivity contribution in [3.05, 3.63) is 41.5 Å². The van der Waals surface area contributed by atoms with Crippen LogP contribution in [0.15, 0.2) is 35.9 Å². The molecule has 136 valence electrons. The number of carbonyl (C=O) groups is 1. The number of nitrogens with one attached hydrogen (secondary N) is 2. The van der Waals surface area contributed by atoms with Crippen LogP contribution in [-0.4, -0.2) is 49.0 Å². The van der Waals surface area contributed by atoms with Crippen LogP contribution in [0.3, 0.4) is 0 Å². The van der Waals surface area contributed by atoms with Crippen molar-refractivity contribution in [2.75, 3.05) is 19.0 Å². The highest BCUT2D eigenvalue weighted by molar-refractivity contribution is 5.83. The van der Waals surface area contributed by atoms with Gasteiger partial charge in [0, 0.05) is 24.4 Å². The molecule has 26 heavy (non-hydrogen) atoms. The number of fused-ring (bicyclic) bond motifs is 2. The minimum atomic E-state index is -0.811. The van der Waals surface area contributed by atoms with Crippen LogP contribution < -0.4 is 10.2 Å². The first-order chi connectivity index (χ1) is 12.6. The van der Waals surface area contributed by atoms with Crippen molar-refractivity contribution in [3.63, 3.8) is 0 Å². The molecule has 1 aromatic carbocycles. The van der Waals surface area contributed by atoms with Gasteiger partial charge in [-0.3, -0.25) is 4.79 Å². The molecule has 1 spiro atoms. The zero-order valence-electron chi connectivity index (χ0n) is 15.2. The average Bonchev–Trinajstić information content (AvgIpc) is 3.13. The second-order valence-corrected chi connectivity index (χ2v) is 8.80. The van der Waals surface area contributed by atoms with Crippen LogP contribution in [0.4, 0.5) is 5.69 Å². The van der Waals surface area contributed by atoms with Gasteiger partial charge in [-0.1, -0.05) is 24.3 Å². The molecule has 0 aromatic heterocycles. The summed E-state index contributed by atoms with van der Waals surface area (Å²) in [6, 6.07) is 9.12. The van der Waals surface area contributed by atoms with Crippen LogP contribution in [0.2, 0.25) is 0 Å². The highest BCUT2D eigenvalue weighted by atomic mass is 16.5. The Balaban J connectivity index is 1.65. The van der Waals surface area contributed by atoms with Gasteiger partial charge in [0.05, 0.1) is 31.2 Å². The van der Waals surface area contributed by atoms with Crippen molar-refractivity contribution in [1.29, 1.82) is 0 Å². The van der Waals surface area contributed by atoms with E-state index in [0.717, 1.165) is 25.1 Å². The number of hydrogen-bond donors (Lipinski definition) is 3. The fourth-order valence-corrected chi connectivity index (χ4v) is 7.76. The van der Waals surface area contributed by atoms with Crippen molar-refractivity contribution >= 4 is 11.7 Å². The number of aliphatic hydroxyl groups excluding tert-OH is 1. The number of piperidine rings is 4. The first-order valence-electron chi connectivity index (χ1n) is 9.73. The largest absolute Gasteiger partial charge is 0.468 e. The number of para-hydroxylation sites is 1. The Bertz CT molecular complexity index is 867. The summed E-state index contributed by atoms with van der Waals surface area (Å²) in [4.78, 5) is 14.7. The van der Waals surface area contributed by atoms with Gasteiger partial charge in [0.25, 0.3) is 0 Å². The zero-order chi connectivity index (χ0) is 17.8. The Labute approximate surface area is 153 Å². The summed E-state index contributed by atoms with van der Waals surface area (Å²) < 4.78 is 5.35. The molecule has 4 saturated heterocycles.